The average Bonchev–Trinajstić information content (AvgIpc) is 3.13. The summed E-state index contributed by atoms with van der Waals surface area (Å²) in [6.07, 6.45) is 47.9. The first kappa shape index (κ1) is 53.5. The van der Waals surface area contributed by atoms with Crippen molar-refractivity contribution in [3.05, 3.63) is 48.6 Å². The number of amides is 1. The fourth-order valence-electron chi connectivity index (χ4n) is 6.27. The van der Waals surface area contributed by atoms with E-state index in [0.29, 0.717) is 23.9 Å². The number of phosphoric acid groups is 1. The minimum atomic E-state index is -4.29. The Balaban J connectivity index is 3.86. The van der Waals surface area contributed by atoms with E-state index in [2.05, 4.69) is 67.8 Å². The third-order valence-corrected chi connectivity index (χ3v) is 10.8. The molecule has 0 aromatic carbocycles. The molecule has 3 N–H and O–H groups in total. The van der Waals surface area contributed by atoms with Gasteiger partial charge in [-0.15, -0.1) is 0 Å². The maximum Gasteiger partial charge on any atom is 0.472 e. The number of allylic oxidation sites excluding steroid dienone is 8. The van der Waals surface area contributed by atoms with E-state index in [-0.39, 0.29) is 19.1 Å². The number of hydrogen-bond donors (Lipinski definition) is 3. The van der Waals surface area contributed by atoms with E-state index in [9.17, 15) is 19.4 Å². The predicted molar refractivity (Wildman–Crippen MR) is 235 cm³/mol. The molecule has 8 nitrogen and oxygen atoms in total. The van der Waals surface area contributed by atoms with E-state index < -0.39 is 20.0 Å². The van der Waals surface area contributed by atoms with Crippen LogP contribution in [0.5, 0.6) is 0 Å². The number of unbranched alkanes of at least 4 members (excludes halogenated alkanes) is 19. The van der Waals surface area contributed by atoms with Gasteiger partial charge in [0.1, 0.15) is 13.2 Å². The predicted octanol–water partition coefficient (Wildman–Crippen LogP) is 12.5. The van der Waals surface area contributed by atoms with Gasteiger partial charge in [-0.25, -0.2) is 4.57 Å². The summed E-state index contributed by atoms with van der Waals surface area (Å²) >= 11 is 0. The molecule has 0 bridgehead atoms. The van der Waals surface area contributed by atoms with E-state index in [1.165, 1.54) is 89.9 Å². The molecule has 0 aliphatic heterocycles. The molecular formula is C46H88N2O6P+. The van der Waals surface area contributed by atoms with Crippen LogP contribution in [0.25, 0.3) is 0 Å². The Kier molecular flexibility index (Phi) is 36.9. The van der Waals surface area contributed by atoms with E-state index in [0.717, 1.165) is 70.6 Å². The van der Waals surface area contributed by atoms with Crippen LogP contribution in [-0.2, 0) is 18.4 Å². The van der Waals surface area contributed by atoms with Gasteiger partial charge in [0.25, 0.3) is 0 Å². The number of nitrogens with zero attached hydrogens (tertiary/aromatic N) is 1. The number of aliphatic hydroxyl groups is 1. The number of quaternary nitrogens is 1. The Labute approximate surface area is 339 Å². The van der Waals surface area contributed by atoms with Gasteiger partial charge in [-0.3, -0.25) is 13.8 Å². The first-order valence-electron chi connectivity index (χ1n) is 22.5. The lowest BCUT2D eigenvalue weighted by Crippen LogP contribution is -2.46. The molecule has 55 heavy (non-hydrogen) atoms. The fourth-order valence-corrected chi connectivity index (χ4v) is 7.01. The lowest BCUT2D eigenvalue weighted by Gasteiger charge is -2.26. The van der Waals surface area contributed by atoms with Crippen molar-refractivity contribution in [3.63, 3.8) is 0 Å². The Hall–Kier alpha value is -1.54. The van der Waals surface area contributed by atoms with Gasteiger partial charge in [-0.1, -0.05) is 178 Å². The monoisotopic (exact) mass is 796 g/mol. The molecule has 0 fully saturated rings. The molecule has 0 saturated heterocycles. The lowest BCUT2D eigenvalue weighted by atomic mass is 10.0. The van der Waals surface area contributed by atoms with Gasteiger partial charge in [0.15, 0.2) is 0 Å². The molecular weight excluding hydrogens is 707 g/mol. The molecule has 0 saturated carbocycles. The van der Waals surface area contributed by atoms with Gasteiger partial charge in [-0.05, 0) is 51.4 Å². The molecule has 3 unspecified atom stereocenters. The normalized spacial score (nSPS) is 14.8. The van der Waals surface area contributed by atoms with Crippen molar-refractivity contribution in [2.45, 2.75) is 199 Å². The van der Waals surface area contributed by atoms with Crippen LogP contribution in [0.1, 0.15) is 187 Å². The zero-order valence-corrected chi connectivity index (χ0v) is 37.3. The van der Waals surface area contributed by atoms with Crippen LogP contribution in [0.15, 0.2) is 48.6 Å². The van der Waals surface area contributed by atoms with Crippen LogP contribution in [0.3, 0.4) is 0 Å². The summed E-state index contributed by atoms with van der Waals surface area (Å²) in [5.41, 5.74) is 0. The van der Waals surface area contributed by atoms with Crippen LogP contribution < -0.4 is 5.32 Å². The SMILES string of the molecule is CC/C=C\C/C=C\C/C=C\C/C=C\CCCCCCCCCCCCCCCCCCC(=O)NC(COP(=O)(O)OCC[N+](C)(C)C)C(O)CCCCCC. The Morgan fingerprint density at radius 3 is 1.58 bits per heavy atom. The van der Waals surface area contributed by atoms with Crippen LogP contribution in [0, 0.1) is 0 Å². The quantitative estimate of drug-likeness (QED) is 0.0247. The second-order valence-corrected chi connectivity index (χ2v) is 17.9. The molecule has 0 aromatic rings. The van der Waals surface area contributed by atoms with Crippen molar-refractivity contribution in [1.82, 2.24) is 5.32 Å². The molecule has 0 aliphatic carbocycles. The minimum Gasteiger partial charge on any atom is -0.391 e. The maximum atomic E-state index is 12.7. The van der Waals surface area contributed by atoms with Gasteiger partial charge < -0.3 is 19.8 Å². The van der Waals surface area contributed by atoms with E-state index in [1.54, 1.807) is 0 Å². The maximum absolute atomic E-state index is 12.7. The van der Waals surface area contributed by atoms with E-state index in [4.69, 9.17) is 9.05 Å². The van der Waals surface area contributed by atoms with Crippen molar-refractivity contribution in [2.24, 2.45) is 0 Å². The van der Waals surface area contributed by atoms with E-state index >= 15 is 0 Å². The molecule has 0 rings (SSSR count). The largest absolute Gasteiger partial charge is 0.472 e. The summed E-state index contributed by atoms with van der Waals surface area (Å²) in [6.45, 7) is 4.65. The topological polar surface area (TPSA) is 105 Å². The van der Waals surface area contributed by atoms with Gasteiger partial charge in [-0.2, -0.15) is 0 Å². The Morgan fingerprint density at radius 1 is 0.636 bits per heavy atom. The number of carbonyl (C=O) groups is 1. The standard InChI is InChI=1S/C46H87N2O6P/c1-6-8-10-12-13-14-15-16-17-18-19-20-21-22-23-24-25-26-27-28-29-30-31-32-33-34-35-36-38-40-46(50)47-44(45(49)39-37-11-9-7-2)43-54-55(51,52)53-42-41-48(3,4)5/h8,10,13-14,16-17,19-20,44-45,49H,6-7,9,11-12,15,18,21-43H2,1-5H3,(H-,47,50,51,52)/p+1/b10-8-,14-13-,17-16-,20-19-. The number of nitrogens with one attached hydrogen (secondary N) is 1. The fraction of sp³-hybridized carbons (Fsp3) is 0.804. The van der Waals surface area contributed by atoms with Gasteiger partial charge in [0.05, 0.1) is 39.9 Å². The lowest BCUT2D eigenvalue weighted by molar-refractivity contribution is -0.870. The highest BCUT2D eigenvalue weighted by Crippen LogP contribution is 2.43. The smallest absolute Gasteiger partial charge is 0.391 e. The molecule has 0 aromatic heterocycles. The number of rotatable bonds is 40. The number of phosphoric ester groups is 1. The van der Waals surface area contributed by atoms with Crippen LogP contribution in [0.2, 0.25) is 0 Å². The molecule has 1 amide bonds. The molecule has 322 valence electrons. The minimum absolute atomic E-state index is 0.0729. The molecule has 3 atom stereocenters. The Bertz CT molecular complexity index is 1040. The van der Waals surface area contributed by atoms with Crippen LogP contribution >= 0.6 is 7.82 Å². The molecule has 9 heteroatoms. The highest BCUT2D eigenvalue weighted by Gasteiger charge is 2.28. The number of aliphatic hydroxyl groups excluding tert-OH is 1. The second kappa shape index (κ2) is 38.0. The van der Waals surface area contributed by atoms with Gasteiger partial charge in [0, 0.05) is 6.42 Å². The van der Waals surface area contributed by atoms with Crippen molar-refractivity contribution in [1.29, 1.82) is 0 Å². The number of hydrogen-bond acceptors (Lipinski definition) is 5. The van der Waals surface area contributed by atoms with Crippen molar-refractivity contribution in [3.8, 4) is 0 Å². The summed E-state index contributed by atoms with van der Waals surface area (Å²) in [5.74, 6) is -0.155. The summed E-state index contributed by atoms with van der Waals surface area (Å²) < 4.78 is 23.4. The molecule has 0 radical (unpaired) electrons. The average molecular weight is 796 g/mol. The molecule has 0 spiro atoms. The van der Waals surface area contributed by atoms with Gasteiger partial charge in [0.2, 0.25) is 5.91 Å². The first-order chi connectivity index (χ1) is 26.5. The first-order valence-corrected chi connectivity index (χ1v) is 24.0. The van der Waals surface area contributed by atoms with E-state index in [1.807, 2.05) is 21.1 Å². The van der Waals surface area contributed by atoms with Crippen molar-refractivity contribution >= 4 is 13.7 Å². The van der Waals surface area contributed by atoms with Crippen molar-refractivity contribution < 1.29 is 32.9 Å². The van der Waals surface area contributed by atoms with Crippen LogP contribution in [0.4, 0.5) is 0 Å². The second-order valence-electron chi connectivity index (χ2n) is 16.4. The third kappa shape index (κ3) is 40.5. The summed E-state index contributed by atoms with van der Waals surface area (Å²) in [4.78, 5) is 22.9. The summed E-state index contributed by atoms with van der Waals surface area (Å²) in [7, 11) is 1.61. The third-order valence-electron chi connectivity index (χ3n) is 9.84. The van der Waals surface area contributed by atoms with Gasteiger partial charge >= 0.3 is 7.82 Å². The highest BCUT2D eigenvalue weighted by molar-refractivity contribution is 7.47. The zero-order chi connectivity index (χ0) is 40.7. The number of likely N-dealkylation sites (N-methyl/N-ethyl adjacent to an activating group) is 1. The summed E-state index contributed by atoms with van der Waals surface area (Å²) in [6, 6.07) is -0.756. The zero-order valence-electron chi connectivity index (χ0n) is 36.4. The highest BCUT2D eigenvalue weighted by atomic mass is 31.2. The van der Waals surface area contributed by atoms with Crippen LogP contribution in [-0.4, -0.2) is 73.4 Å². The Morgan fingerprint density at radius 2 is 1.09 bits per heavy atom. The van der Waals surface area contributed by atoms with Crippen molar-refractivity contribution in [2.75, 3.05) is 40.9 Å². The molecule has 0 heterocycles. The summed E-state index contributed by atoms with van der Waals surface area (Å²) in [5, 5.41) is 13.7. The molecule has 0 aliphatic rings. The number of carbonyl (C=O) groups excluding carboxylic acids is 1.